The molecule has 0 aromatic carbocycles. The maximum Gasteiger partial charge on any atom is 0.254 e. The van der Waals surface area contributed by atoms with Crippen molar-refractivity contribution in [1.82, 2.24) is 15.1 Å². The first kappa shape index (κ1) is 16.5. The Balaban J connectivity index is 1.68. The Kier molecular flexibility index (Phi) is 4.76. The molecule has 5 heteroatoms. The van der Waals surface area contributed by atoms with Crippen LogP contribution in [0.2, 0.25) is 0 Å². The lowest BCUT2D eigenvalue weighted by molar-refractivity contribution is 0.00524. The van der Waals surface area contributed by atoms with Crippen LogP contribution in [0.3, 0.4) is 0 Å². The first-order valence-electron chi connectivity index (χ1n) is 9.05. The van der Waals surface area contributed by atoms with Crippen molar-refractivity contribution in [2.75, 3.05) is 6.54 Å². The van der Waals surface area contributed by atoms with Gasteiger partial charge < -0.3 is 10.4 Å². The molecule has 2 fully saturated rings. The van der Waals surface area contributed by atoms with Crippen molar-refractivity contribution in [2.24, 2.45) is 5.92 Å². The maximum absolute atomic E-state index is 12.6. The molecule has 1 amide bonds. The van der Waals surface area contributed by atoms with Crippen LogP contribution in [-0.4, -0.2) is 32.9 Å². The second-order valence-electron chi connectivity index (χ2n) is 7.76. The summed E-state index contributed by atoms with van der Waals surface area (Å²) in [6, 6.07) is 0. The van der Waals surface area contributed by atoms with Crippen LogP contribution in [0.4, 0.5) is 0 Å². The van der Waals surface area contributed by atoms with Crippen molar-refractivity contribution in [2.45, 2.75) is 76.9 Å². The van der Waals surface area contributed by atoms with E-state index in [9.17, 15) is 9.90 Å². The Hall–Kier alpha value is -1.36. The number of amides is 1. The molecule has 0 unspecified atom stereocenters. The lowest BCUT2D eigenvalue weighted by Crippen LogP contribution is -2.44. The van der Waals surface area contributed by atoms with Gasteiger partial charge in [-0.3, -0.25) is 9.48 Å². The molecule has 1 aromatic heterocycles. The highest BCUT2D eigenvalue weighted by Crippen LogP contribution is 2.41. The summed E-state index contributed by atoms with van der Waals surface area (Å²) in [6.07, 6.45) is 8.85. The molecule has 23 heavy (non-hydrogen) atoms. The molecule has 0 radical (unpaired) electrons. The van der Waals surface area contributed by atoms with E-state index >= 15 is 0 Å². The molecular formula is C18H29N3O2. The van der Waals surface area contributed by atoms with E-state index < -0.39 is 5.60 Å². The standard InChI is InChI=1S/C18H29N3O2/c1-13(2)11-21-16(14-6-7-14)15(10-20-21)17(22)19-12-18(23)8-4-3-5-9-18/h10,13-14,23H,3-9,11-12H2,1-2H3,(H,19,22). The Morgan fingerprint density at radius 1 is 1.39 bits per heavy atom. The molecule has 1 heterocycles. The van der Waals surface area contributed by atoms with Crippen LogP contribution in [0.25, 0.3) is 0 Å². The lowest BCUT2D eigenvalue weighted by atomic mass is 9.85. The molecule has 2 aliphatic rings. The molecule has 0 bridgehead atoms. The van der Waals surface area contributed by atoms with E-state index in [2.05, 4.69) is 24.3 Å². The van der Waals surface area contributed by atoms with Crippen molar-refractivity contribution in [3.05, 3.63) is 17.5 Å². The summed E-state index contributed by atoms with van der Waals surface area (Å²) in [6.45, 7) is 5.53. The molecule has 3 rings (SSSR count). The fraction of sp³-hybridized carbons (Fsp3) is 0.778. The zero-order chi connectivity index (χ0) is 16.4. The quantitative estimate of drug-likeness (QED) is 0.847. The van der Waals surface area contributed by atoms with E-state index in [-0.39, 0.29) is 5.91 Å². The molecule has 0 atom stereocenters. The van der Waals surface area contributed by atoms with E-state index in [1.807, 2.05) is 4.68 Å². The number of nitrogens with zero attached hydrogens (tertiary/aromatic N) is 2. The predicted molar refractivity (Wildman–Crippen MR) is 89.4 cm³/mol. The van der Waals surface area contributed by atoms with Gasteiger partial charge in [0.2, 0.25) is 0 Å². The maximum atomic E-state index is 12.6. The number of rotatable bonds is 6. The smallest absolute Gasteiger partial charge is 0.254 e. The molecule has 128 valence electrons. The largest absolute Gasteiger partial charge is 0.388 e. The summed E-state index contributed by atoms with van der Waals surface area (Å²) in [5, 5.41) is 17.9. The third kappa shape index (κ3) is 3.94. The van der Waals surface area contributed by atoms with Gasteiger partial charge in [-0.05, 0) is 31.6 Å². The van der Waals surface area contributed by atoms with Gasteiger partial charge in [0, 0.05) is 19.0 Å². The van der Waals surface area contributed by atoms with Crippen molar-refractivity contribution < 1.29 is 9.90 Å². The van der Waals surface area contributed by atoms with Crippen molar-refractivity contribution in [1.29, 1.82) is 0 Å². The average Bonchev–Trinajstić information content (AvgIpc) is 3.26. The highest BCUT2D eigenvalue weighted by atomic mass is 16.3. The number of hydrogen-bond donors (Lipinski definition) is 2. The summed E-state index contributed by atoms with van der Waals surface area (Å²) in [4.78, 5) is 12.6. The predicted octanol–water partition coefficient (Wildman–Crippen LogP) is 2.84. The van der Waals surface area contributed by atoms with Gasteiger partial charge in [-0.1, -0.05) is 33.1 Å². The van der Waals surface area contributed by atoms with Crippen molar-refractivity contribution >= 4 is 5.91 Å². The molecular weight excluding hydrogens is 290 g/mol. The van der Waals surface area contributed by atoms with Gasteiger partial charge in [0.15, 0.2) is 0 Å². The molecule has 1 aromatic rings. The molecule has 0 aliphatic heterocycles. The monoisotopic (exact) mass is 319 g/mol. The number of nitrogens with one attached hydrogen (secondary N) is 1. The fourth-order valence-corrected chi connectivity index (χ4v) is 3.58. The van der Waals surface area contributed by atoms with E-state index in [0.29, 0.717) is 23.9 Å². The second-order valence-corrected chi connectivity index (χ2v) is 7.76. The Morgan fingerprint density at radius 2 is 2.09 bits per heavy atom. The molecule has 0 spiro atoms. The van der Waals surface area contributed by atoms with Crippen LogP contribution >= 0.6 is 0 Å². The van der Waals surface area contributed by atoms with Gasteiger partial charge in [0.05, 0.1) is 23.1 Å². The first-order valence-corrected chi connectivity index (χ1v) is 9.05. The van der Waals surface area contributed by atoms with Gasteiger partial charge in [-0.25, -0.2) is 0 Å². The summed E-state index contributed by atoms with van der Waals surface area (Å²) in [7, 11) is 0. The van der Waals surface area contributed by atoms with Gasteiger partial charge in [0.25, 0.3) is 5.91 Å². The summed E-state index contributed by atoms with van der Waals surface area (Å²) < 4.78 is 2.01. The first-order chi connectivity index (χ1) is 11.0. The van der Waals surface area contributed by atoms with Gasteiger partial charge in [-0.2, -0.15) is 5.10 Å². The number of carbonyl (C=O) groups is 1. The van der Waals surface area contributed by atoms with Crippen LogP contribution in [0.15, 0.2) is 6.20 Å². The lowest BCUT2D eigenvalue weighted by Gasteiger charge is -2.32. The normalized spacial score (nSPS) is 20.7. The molecule has 2 aliphatic carbocycles. The van der Waals surface area contributed by atoms with E-state index in [0.717, 1.165) is 50.8 Å². The van der Waals surface area contributed by atoms with Crippen LogP contribution in [0.1, 0.15) is 80.8 Å². The minimum absolute atomic E-state index is 0.0825. The van der Waals surface area contributed by atoms with Gasteiger partial charge in [-0.15, -0.1) is 0 Å². The minimum Gasteiger partial charge on any atom is -0.388 e. The number of hydrogen-bond acceptors (Lipinski definition) is 3. The zero-order valence-corrected chi connectivity index (χ0v) is 14.3. The second kappa shape index (κ2) is 6.63. The van der Waals surface area contributed by atoms with Crippen LogP contribution in [0.5, 0.6) is 0 Å². The number of carbonyl (C=O) groups excluding carboxylic acids is 1. The van der Waals surface area contributed by atoms with Crippen LogP contribution in [0, 0.1) is 5.92 Å². The van der Waals surface area contributed by atoms with Crippen molar-refractivity contribution in [3.8, 4) is 0 Å². The summed E-state index contributed by atoms with van der Waals surface area (Å²) in [5.74, 6) is 0.905. The van der Waals surface area contributed by atoms with E-state index in [4.69, 9.17) is 0 Å². The van der Waals surface area contributed by atoms with E-state index in [1.165, 1.54) is 6.42 Å². The molecule has 5 nitrogen and oxygen atoms in total. The van der Waals surface area contributed by atoms with E-state index in [1.54, 1.807) is 6.20 Å². The molecule has 0 saturated heterocycles. The van der Waals surface area contributed by atoms with Crippen LogP contribution in [-0.2, 0) is 6.54 Å². The average molecular weight is 319 g/mol. The Morgan fingerprint density at radius 3 is 2.70 bits per heavy atom. The van der Waals surface area contributed by atoms with Crippen molar-refractivity contribution in [3.63, 3.8) is 0 Å². The third-order valence-corrected chi connectivity index (χ3v) is 4.99. The highest BCUT2D eigenvalue weighted by Gasteiger charge is 2.34. The van der Waals surface area contributed by atoms with Gasteiger partial charge >= 0.3 is 0 Å². The Labute approximate surface area is 138 Å². The molecule has 2 saturated carbocycles. The topological polar surface area (TPSA) is 67.2 Å². The fourth-order valence-electron chi connectivity index (χ4n) is 3.58. The zero-order valence-electron chi connectivity index (χ0n) is 14.3. The third-order valence-electron chi connectivity index (χ3n) is 4.99. The highest BCUT2D eigenvalue weighted by molar-refractivity contribution is 5.95. The van der Waals surface area contributed by atoms with Gasteiger partial charge in [0.1, 0.15) is 0 Å². The van der Waals surface area contributed by atoms with Crippen LogP contribution < -0.4 is 5.32 Å². The summed E-state index contributed by atoms with van der Waals surface area (Å²) >= 11 is 0. The molecule has 2 N–H and O–H groups in total. The SMILES string of the molecule is CC(C)Cn1ncc(C(=O)NCC2(O)CCCCC2)c1C1CC1. The Bertz CT molecular complexity index is 555. The number of aliphatic hydroxyl groups is 1. The number of aromatic nitrogens is 2. The minimum atomic E-state index is -0.721. The summed E-state index contributed by atoms with van der Waals surface area (Å²) in [5.41, 5.74) is 1.07.